The van der Waals surface area contributed by atoms with E-state index in [4.69, 9.17) is 0 Å². The number of fused-ring (bicyclic) bond motifs is 1. The molecule has 1 N–H and O–H groups in total. The minimum atomic E-state index is -3.57. The second kappa shape index (κ2) is 8.88. The number of carbonyl (C=O) groups is 1. The Morgan fingerprint density at radius 3 is 2.70 bits per heavy atom. The van der Waals surface area contributed by atoms with Crippen molar-refractivity contribution in [3.63, 3.8) is 0 Å². The van der Waals surface area contributed by atoms with E-state index in [2.05, 4.69) is 33.9 Å². The minimum Gasteiger partial charge on any atom is -0.312 e. The van der Waals surface area contributed by atoms with E-state index >= 15 is 0 Å². The maximum absolute atomic E-state index is 12.9. The second-order valence-corrected chi connectivity index (χ2v) is 10.1. The van der Waals surface area contributed by atoms with Crippen LogP contribution in [-0.2, 0) is 27.8 Å². The van der Waals surface area contributed by atoms with Crippen molar-refractivity contribution in [2.24, 2.45) is 5.92 Å². The molecule has 30 heavy (non-hydrogen) atoms. The van der Waals surface area contributed by atoms with Crippen molar-refractivity contribution in [1.29, 1.82) is 0 Å². The molecule has 1 unspecified atom stereocenters. The summed E-state index contributed by atoms with van der Waals surface area (Å²) in [7, 11) is -3.57. The van der Waals surface area contributed by atoms with Crippen LogP contribution >= 0.6 is 0 Å². The van der Waals surface area contributed by atoms with Gasteiger partial charge in [0.25, 0.3) is 0 Å². The Kier molecular flexibility index (Phi) is 6.22. The van der Waals surface area contributed by atoms with E-state index in [1.165, 1.54) is 12.5 Å². The molecule has 2 aliphatic rings. The van der Waals surface area contributed by atoms with Crippen molar-refractivity contribution in [2.45, 2.75) is 37.6 Å². The molecular weight excluding hydrogens is 398 g/mol. The zero-order valence-corrected chi connectivity index (χ0v) is 18.2. The summed E-state index contributed by atoms with van der Waals surface area (Å²) in [5, 5.41) is 0. The average molecular weight is 428 g/mol. The molecular formula is C23H29N3O3S. The van der Waals surface area contributed by atoms with Gasteiger partial charge in [-0.2, -0.15) is 0 Å². The smallest absolute Gasteiger partial charge is 0.240 e. The highest BCUT2D eigenvalue weighted by atomic mass is 32.2. The number of hydrogen-bond acceptors (Lipinski definition) is 4. The summed E-state index contributed by atoms with van der Waals surface area (Å²) in [5.74, 6) is 0.291. The molecule has 0 bridgehead atoms. The Hall–Kier alpha value is -2.22. The van der Waals surface area contributed by atoms with E-state index < -0.39 is 10.0 Å². The number of nitrogens with zero attached hydrogens (tertiary/aromatic N) is 2. The van der Waals surface area contributed by atoms with Gasteiger partial charge in [0.1, 0.15) is 0 Å². The van der Waals surface area contributed by atoms with Crippen molar-refractivity contribution in [3.8, 4) is 0 Å². The molecule has 2 aromatic rings. The van der Waals surface area contributed by atoms with Gasteiger partial charge in [-0.15, -0.1) is 0 Å². The monoisotopic (exact) mass is 427 g/mol. The first-order chi connectivity index (χ1) is 14.4. The molecule has 2 aromatic carbocycles. The summed E-state index contributed by atoms with van der Waals surface area (Å²) in [4.78, 5) is 16.1. The molecule has 0 aromatic heterocycles. The zero-order chi connectivity index (χ0) is 21.1. The minimum absolute atomic E-state index is 0.0140. The van der Waals surface area contributed by atoms with Crippen LogP contribution in [0.25, 0.3) is 0 Å². The lowest BCUT2D eigenvalue weighted by Gasteiger charge is -2.32. The first-order valence-corrected chi connectivity index (χ1v) is 12.1. The SMILES string of the molecule is CC(=O)N1CCc2cc(S(=O)(=O)NCC3CCCN(Cc4ccccc4)C3)ccc21. The fourth-order valence-electron chi connectivity index (χ4n) is 4.49. The van der Waals surface area contributed by atoms with Gasteiger partial charge in [0, 0.05) is 38.8 Å². The number of amides is 1. The molecule has 4 rings (SSSR count). The Morgan fingerprint density at radius 2 is 1.93 bits per heavy atom. The summed E-state index contributed by atoms with van der Waals surface area (Å²) < 4.78 is 28.5. The largest absolute Gasteiger partial charge is 0.312 e. The van der Waals surface area contributed by atoms with Gasteiger partial charge >= 0.3 is 0 Å². The van der Waals surface area contributed by atoms with Crippen LogP contribution in [0.2, 0.25) is 0 Å². The van der Waals surface area contributed by atoms with E-state index in [-0.39, 0.29) is 10.8 Å². The lowest BCUT2D eigenvalue weighted by Crippen LogP contribution is -2.40. The van der Waals surface area contributed by atoms with E-state index in [0.29, 0.717) is 25.4 Å². The van der Waals surface area contributed by atoms with Gasteiger partial charge in [-0.05, 0) is 61.1 Å². The molecule has 0 radical (unpaired) electrons. The van der Waals surface area contributed by atoms with Crippen LogP contribution in [0, 0.1) is 5.92 Å². The van der Waals surface area contributed by atoms with E-state index in [1.807, 2.05) is 6.07 Å². The molecule has 1 atom stereocenters. The highest BCUT2D eigenvalue weighted by Crippen LogP contribution is 2.30. The average Bonchev–Trinajstić information content (AvgIpc) is 3.17. The van der Waals surface area contributed by atoms with Gasteiger partial charge in [0.2, 0.25) is 15.9 Å². The van der Waals surface area contributed by atoms with Gasteiger partial charge in [0.15, 0.2) is 0 Å². The van der Waals surface area contributed by atoms with Crippen LogP contribution < -0.4 is 9.62 Å². The first kappa shape index (κ1) is 21.0. The molecule has 6 nitrogen and oxygen atoms in total. The summed E-state index contributed by atoms with van der Waals surface area (Å²) in [6, 6.07) is 15.5. The number of piperidine rings is 1. The second-order valence-electron chi connectivity index (χ2n) is 8.29. The highest BCUT2D eigenvalue weighted by molar-refractivity contribution is 7.89. The normalized spacial score (nSPS) is 19.6. The molecule has 7 heteroatoms. The first-order valence-electron chi connectivity index (χ1n) is 10.6. The third kappa shape index (κ3) is 4.74. The summed E-state index contributed by atoms with van der Waals surface area (Å²) in [6.45, 7) is 5.45. The Morgan fingerprint density at radius 1 is 1.13 bits per heavy atom. The third-order valence-corrected chi connectivity index (χ3v) is 7.47. The summed E-state index contributed by atoms with van der Waals surface area (Å²) >= 11 is 0. The van der Waals surface area contributed by atoms with Gasteiger partial charge < -0.3 is 4.90 Å². The maximum atomic E-state index is 12.9. The van der Waals surface area contributed by atoms with Crippen molar-refractivity contribution >= 4 is 21.6 Å². The number of sulfonamides is 1. The van der Waals surface area contributed by atoms with Gasteiger partial charge in [-0.25, -0.2) is 13.1 Å². The summed E-state index contributed by atoms with van der Waals surface area (Å²) in [6.07, 6.45) is 2.81. The molecule has 1 saturated heterocycles. The standard InChI is InChI=1S/C23H29N3O3S/c1-18(27)26-13-11-21-14-22(9-10-23(21)26)30(28,29)24-15-20-8-5-12-25(17-20)16-19-6-3-2-4-7-19/h2-4,6-7,9-10,14,20,24H,5,8,11-13,15-17H2,1H3. The van der Waals surface area contributed by atoms with E-state index in [0.717, 1.165) is 43.7 Å². The predicted octanol–water partition coefficient (Wildman–Crippen LogP) is 2.79. The fourth-order valence-corrected chi connectivity index (χ4v) is 5.65. The van der Waals surface area contributed by atoms with Crippen LogP contribution in [0.3, 0.4) is 0 Å². The number of rotatable bonds is 6. The van der Waals surface area contributed by atoms with E-state index in [9.17, 15) is 13.2 Å². The molecule has 2 heterocycles. The number of nitrogens with one attached hydrogen (secondary N) is 1. The molecule has 0 aliphatic carbocycles. The number of carbonyl (C=O) groups excluding carboxylic acids is 1. The molecule has 0 saturated carbocycles. The summed E-state index contributed by atoms with van der Waals surface area (Å²) in [5.41, 5.74) is 3.03. The lowest BCUT2D eigenvalue weighted by atomic mass is 9.98. The van der Waals surface area contributed by atoms with Crippen molar-refractivity contribution in [1.82, 2.24) is 9.62 Å². The predicted molar refractivity (Wildman–Crippen MR) is 118 cm³/mol. The van der Waals surface area contributed by atoms with Crippen molar-refractivity contribution in [3.05, 3.63) is 59.7 Å². The Bertz CT molecular complexity index is 1010. The quantitative estimate of drug-likeness (QED) is 0.770. The molecule has 1 amide bonds. The molecule has 0 spiro atoms. The Labute approximate surface area is 178 Å². The van der Waals surface area contributed by atoms with Crippen molar-refractivity contribution in [2.75, 3.05) is 31.1 Å². The van der Waals surface area contributed by atoms with Gasteiger partial charge in [0.05, 0.1) is 4.90 Å². The van der Waals surface area contributed by atoms with Crippen LogP contribution in [0.1, 0.15) is 30.9 Å². The Balaban J connectivity index is 1.36. The number of benzene rings is 2. The topological polar surface area (TPSA) is 69.7 Å². The number of hydrogen-bond donors (Lipinski definition) is 1. The fraction of sp³-hybridized carbons (Fsp3) is 0.435. The van der Waals surface area contributed by atoms with Crippen molar-refractivity contribution < 1.29 is 13.2 Å². The van der Waals surface area contributed by atoms with Crippen LogP contribution in [0.15, 0.2) is 53.4 Å². The number of likely N-dealkylation sites (tertiary alicyclic amines) is 1. The molecule has 160 valence electrons. The van der Waals surface area contributed by atoms with Gasteiger partial charge in [-0.1, -0.05) is 30.3 Å². The lowest BCUT2D eigenvalue weighted by molar-refractivity contribution is -0.116. The maximum Gasteiger partial charge on any atom is 0.240 e. The van der Waals surface area contributed by atoms with Crippen LogP contribution in [-0.4, -0.2) is 45.4 Å². The highest BCUT2D eigenvalue weighted by Gasteiger charge is 2.26. The van der Waals surface area contributed by atoms with Crippen LogP contribution in [0.4, 0.5) is 5.69 Å². The van der Waals surface area contributed by atoms with Gasteiger partial charge in [-0.3, -0.25) is 9.69 Å². The van der Waals surface area contributed by atoms with Crippen LogP contribution in [0.5, 0.6) is 0 Å². The van der Waals surface area contributed by atoms with E-state index in [1.54, 1.807) is 23.1 Å². The molecule has 2 aliphatic heterocycles. The zero-order valence-electron chi connectivity index (χ0n) is 17.4. The third-order valence-electron chi connectivity index (χ3n) is 6.05. The molecule has 1 fully saturated rings. The number of anilines is 1.